The summed E-state index contributed by atoms with van der Waals surface area (Å²) in [5.41, 5.74) is 3.09. The zero-order valence-electron chi connectivity index (χ0n) is 17.7. The zero-order valence-corrected chi connectivity index (χ0v) is 21.2. The SMILES string of the molecule is CSc1ccc(P(CCp2c(C)c(C)c(C)c2C)c2ccc(SC)cc2)cc1. The molecule has 148 valence electrons. The Morgan fingerprint density at radius 3 is 1.43 bits per heavy atom. The van der Waals surface area contributed by atoms with Gasteiger partial charge in [-0.2, -0.15) is 0 Å². The van der Waals surface area contributed by atoms with Crippen LogP contribution >= 0.6 is 39.0 Å². The van der Waals surface area contributed by atoms with Crippen molar-refractivity contribution in [1.29, 1.82) is 0 Å². The second-order valence-corrected chi connectivity index (χ2v) is 13.9. The molecule has 0 spiro atoms. The predicted molar refractivity (Wildman–Crippen MR) is 136 cm³/mol. The van der Waals surface area contributed by atoms with Gasteiger partial charge < -0.3 is 0 Å². The van der Waals surface area contributed by atoms with Gasteiger partial charge in [-0.3, -0.25) is 0 Å². The van der Waals surface area contributed by atoms with Gasteiger partial charge >= 0.3 is 0 Å². The number of hydrogen-bond donors (Lipinski definition) is 0. The van der Waals surface area contributed by atoms with Crippen molar-refractivity contribution in [3.63, 3.8) is 0 Å². The molecule has 1 aromatic heterocycles. The van der Waals surface area contributed by atoms with Crippen LogP contribution in [0.4, 0.5) is 0 Å². The van der Waals surface area contributed by atoms with Gasteiger partial charge in [0.15, 0.2) is 0 Å². The summed E-state index contributed by atoms with van der Waals surface area (Å²) in [5.74, 6) is 0. The first-order valence-corrected chi connectivity index (χ1v) is 15.1. The molecule has 0 nitrogen and oxygen atoms in total. The van der Waals surface area contributed by atoms with Crippen LogP contribution in [0, 0.1) is 27.7 Å². The van der Waals surface area contributed by atoms with Crippen molar-refractivity contribution in [2.45, 2.75) is 43.6 Å². The molecule has 0 aliphatic heterocycles. The van der Waals surface area contributed by atoms with Crippen LogP contribution in [-0.4, -0.2) is 18.7 Å². The Hall–Kier alpha value is -0.650. The molecule has 0 fully saturated rings. The molecule has 0 N–H and O–H groups in total. The Labute approximate surface area is 181 Å². The van der Waals surface area contributed by atoms with Gasteiger partial charge in [-0.05, 0) is 117 Å². The van der Waals surface area contributed by atoms with Crippen molar-refractivity contribution in [2.75, 3.05) is 18.7 Å². The average Bonchev–Trinajstić information content (AvgIpc) is 2.92. The predicted octanol–water partition coefficient (Wildman–Crippen LogP) is 7.48. The molecular weight excluding hydrogens is 414 g/mol. The molecule has 0 saturated carbocycles. The maximum absolute atomic E-state index is 2.36. The fraction of sp³-hybridized carbons (Fsp3) is 0.333. The summed E-state index contributed by atoms with van der Waals surface area (Å²) in [7, 11) is -0.427. The van der Waals surface area contributed by atoms with Crippen LogP contribution in [0.25, 0.3) is 0 Å². The highest BCUT2D eigenvalue weighted by atomic mass is 32.2. The van der Waals surface area contributed by atoms with Crippen LogP contribution in [0.3, 0.4) is 0 Å². The van der Waals surface area contributed by atoms with Crippen molar-refractivity contribution in [3.05, 3.63) is 70.2 Å². The van der Waals surface area contributed by atoms with Crippen LogP contribution in [-0.2, 0) is 6.16 Å². The van der Waals surface area contributed by atoms with E-state index in [1.807, 2.05) is 23.5 Å². The Morgan fingerprint density at radius 2 is 1.07 bits per heavy atom. The summed E-state index contributed by atoms with van der Waals surface area (Å²) in [6, 6.07) is 18.6. The van der Waals surface area contributed by atoms with Crippen molar-refractivity contribution in [3.8, 4) is 0 Å². The lowest BCUT2D eigenvalue weighted by Gasteiger charge is -2.20. The van der Waals surface area contributed by atoms with E-state index in [4.69, 9.17) is 0 Å². The molecule has 0 atom stereocenters. The Balaban J connectivity index is 1.92. The standard InChI is InChI=1S/C24H30P2S2/c1-17-18(2)20(4)25(19(17)3)15-16-26(21-7-11-23(27-5)12-8-21)22-9-13-24(28-6)14-10-22/h7-14H,15-16H2,1-6H3. The first kappa shape index (κ1) is 22.0. The van der Waals surface area contributed by atoms with Crippen molar-refractivity contribution >= 4 is 49.6 Å². The summed E-state index contributed by atoms with van der Waals surface area (Å²) in [5, 5.41) is 6.32. The van der Waals surface area contributed by atoms with E-state index in [1.54, 1.807) is 21.7 Å². The van der Waals surface area contributed by atoms with Crippen LogP contribution < -0.4 is 10.6 Å². The molecule has 3 rings (SSSR count). The van der Waals surface area contributed by atoms with Crippen LogP contribution in [0.2, 0.25) is 0 Å². The average molecular weight is 445 g/mol. The molecule has 0 aliphatic carbocycles. The van der Waals surface area contributed by atoms with Gasteiger partial charge in [0.2, 0.25) is 0 Å². The molecule has 0 amide bonds. The fourth-order valence-corrected chi connectivity index (χ4v) is 10.2. The zero-order chi connectivity index (χ0) is 20.3. The molecule has 1 heterocycles. The minimum atomic E-state index is -0.316. The molecule has 0 aliphatic rings. The molecule has 2 aromatic carbocycles. The lowest BCUT2D eigenvalue weighted by Crippen LogP contribution is -2.14. The van der Waals surface area contributed by atoms with Crippen LogP contribution in [0.15, 0.2) is 58.3 Å². The second kappa shape index (κ2) is 9.90. The number of thioether (sulfide) groups is 2. The van der Waals surface area contributed by atoms with E-state index in [2.05, 4.69) is 88.7 Å². The third-order valence-electron chi connectivity index (χ3n) is 5.77. The number of hydrogen-bond acceptors (Lipinski definition) is 2. The lowest BCUT2D eigenvalue weighted by atomic mass is 10.2. The second-order valence-electron chi connectivity index (χ2n) is 7.12. The Bertz CT molecular complexity index is 852. The normalized spacial score (nSPS) is 11.4. The van der Waals surface area contributed by atoms with Gasteiger partial charge in [0.05, 0.1) is 0 Å². The minimum Gasteiger partial charge on any atom is -0.130 e. The van der Waals surface area contributed by atoms with Crippen molar-refractivity contribution in [2.24, 2.45) is 0 Å². The summed E-state index contributed by atoms with van der Waals surface area (Å²) >= 11 is 3.64. The highest BCUT2D eigenvalue weighted by Gasteiger charge is 2.17. The summed E-state index contributed by atoms with van der Waals surface area (Å²) in [6.45, 7) is 9.34. The monoisotopic (exact) mass is 444 g/mol. The highest BCUT2D eigenvalue weighted by Crippen LogP contribution is 2.48. The molecule has 4 heteroatoms. The third-order valence-corrected chi connectivity index (χ3v) is 13.1. The Kier molecular flexibility index (Phi) is 7.80. The van der Waals surface area contributed by atoms with E-state index in [9.17, 15) is 0 Å². The first-order valence-electron chi connectivity index (χ1n) is 9.64. The quantitative estimate of drug-likeness (QED) is 0.274. The summed E-state index contributed by atoms with van der Waals surface area (Å²) < 4.78 is 0. The summed E-state index contributed by atoms with van der Waals surface area (Å²) in [6.07, 6.45) is 6.88. The molecule has 0 bridgehead atoms. The van der Waals surface area contributed by atoms with E-state index >= 15 is 0 Å². The van der Waals surface area contributed by atoms with Gasteiger partial charge in [-0.1, -0.05) is 24.3 Å². The largest absolute Gasteiger partial charge is 0.130 e. The van der Waals surface area contributed by atoms with Gasteiger partial charge in [0.25, 0.3) is 0 Å². The maximum Gasteiger partial charge on any atom is 0.00695 e. The molecule has 0 unspecified atom stereocenters. The maximum atomic E-state index is 2.36. The smallest absolute Gasteiger partial charge is 0.00695 e. The van der Waals surface area contributed by atoms with Crippen LogP contribution in [0.5, 0.6) is 0 Å². The lowest BCUT2D eigenvalue weighted by molar-refractivity contribution is 1.32. The minimum absolute atomic E-state index is 0.111. The van der Waals surface area contributed by atoms with Crippen molar-refractivity contribution in [1.82, 2.24) is 0 Å². The number of rotatable bonds is 7. The fourth-order valence-electron chi connectivity index (χ4n) is 3.67. The molecule has 28 heavy (non-hydrogen) atoms. The summed E-state index contributed by atoms with van der Waals surface area (Å²) in [4.78, 5) is 2.70. The van der Waals surface area contributed by atoms with Gasteiger partial charge in [-0.15, -0.1) is 31.1 Å². The van der Waals surface area contributed by atoms with E-state index in [0.29, 0.717) is 0 Å². The molecule has 0 radical (unpaired) electrons. The first-order chi connectivity index (χ1) is 13.5. The van der Waals surface area contributed by atoms with E-state index in [-0.39, 0.29) is 15.5 Å². The Morgan fingerprint density at radius 1 is 0.679 bits per heavy atom. The topological polar surface area (TPSA) is 0 Å². The van der Waals surface area contributed by atoms with Crippen LogP contribution in [0.1, 0.15) is 21.7 Å². The van der Waals surface area contributed by atoms with Gasteiger partial charge in [-0.25, -0.2) is 0 Å². The van der Waals surface area contributed by atoms with E-state index in [0.717, 1.165) is 0 Å². The molecule has 0 saturated heterocycles. The van der Waals surface area contributed by atoms with E-state index in [1.165, 1.54) is 32.7 Å². The van der Waals surface area contributed by atoms with E-state index < -0.39 is 0 Å². The van der Waals surface area contributed by atoms with Crippen molar-refractivity contribution < 1.29 is 0 Å². The van der Waals surface area contributed by atoms with Gasteiger partial charge in [0.1, 0.15) is 0 Å². The number of benzene rings is 2. The molecular formula is C24H30P2S2. The third kappa shape index (κ3) is 4.73. The van der Waals surface area contributed by atoms with Gasteiger partial charge in [0, 0.05) is 9.79 Å². The highest BCUT2D eigenvalue weighted by molar-refractivity contribution is 7.98. The molecule has 3 aromatic rings.